The minimum Gasteiger partial charge on any atom is -0.333 e. The molecule has 7 unspecified atom stereocenters. The molecule has 5 fully saturated rings. The zero-order valence-corrected chi connectivity index (χ0v) is 23.9. The van der Waals surface area contributed by atoms with Gasteiger partial charge in [0.2, 0.25) is 15.9 Å². The molecule has 2 N–H and O–H groups in total. The average Bonchev–Trinajstić information content (AvgIpc) is 3.61. The van der Waals surface area contributed by atoms with Crippen molar-refractivity contribution in [1.29, 1.82) is 0 Å². The Labute approximate surface area is 235 Å². The van der Waals surface area contributed by atoms with Crippen molar-refractivity contribution in [3.8, 4) is 0 Å². The number of rotatable bonds is 6. The quantitative estimate of drug-likeness (QED) is 0.481. The molecule has 1 aromatic heterocycles. The van der Waals surface area contributed by atoms with E-state index in [2.05, 4.69) is 14.4 Å². The van der Waals surface area contributed by atoms with Crippen LogP contribution in [0.25, 0.3) is 0 Å². The number of carbonyl (C=O) groups excluding carboxylic acids is 2. The Morgan fingerprint density at radius 2 is 1.82 bits per heavy atom. The van der Waals surface area contributed by atoms with Crippen molar-refractivity contribution in [2.45, 2.75) is 43.3 Å². The lowest BCUT2D eigenvalue weighted by atomic mass is 9.57. The highest BCUT2D eigenvalue weighted by Gasteiger charge is 2.67. The Morgan fingerprint density at radius 3 is 2.55 bits per heavy atom. The fourth-order valence-electron chi connectivity index (χ4n) is 7.60. The highest BCUT2D eigenvalue weighted by Crippen LogP contribution is 2.66. The number of nitrogens with one attached hydrogen (secondary N) is 2. The van der Waals surface area contributed by atoms with E-state index in [9.17, 15) is 30.8 Å². The van der Waals surface area contributed by atoms with Gasteiger partial charge in [-0.25, -0.2) is 17.5 Å². The predicted molar refractivity (Wildman–Crippen MR) is 145 cm³/mol. The summed E-state index contributed by atoms with van der Waals surface area (Å²) in [4.78, 5) is 29.8. The molecule has 2 aliphatic heterocycles. The number of carbonyl (C=O) groups is 2. The van der Waals surface area contributed by atoms with E-state index in [1.54, 1.807) is 17.0 Å². The summed E-state index contributed by atoms with van der Waals surface area (Å²) in [5.74, 6) is -1.87. The molecule has 4 aliphatic carbocycles. The Morgan fingerprint density at radius 1 is 1.12 bits per heavy atom. The summed E-state index contributed by atoms with van der Waals surface area (Å²) in [6, 6.07) is 5.64. The van der Waals surface area contributed by atoms with Gasteiger partial charge < -0.3 is 10.2 Å². The van der Waals surface area contributed by atoms with Gasteiger partial charge in [0, 0.05) is 30.6 Å². The average molecular weight is 607 g/mol. The van der Waals surface area contributed by atoms with E-state index < -0.39 is 37.8 Å². The lowest BCUT2D eigenvalue weighted by molar-refractivity contribution is -0.163. The number of ketones is 1. The third kappa shape index (κ3) is 4.13. The second-order valence-corrected chi connectivity index (χ2v) is 15.8. The number of sulfonamides is 2. The van der Waals surface area contributed by atoms with Crippen molar-refractivity contribution in [1.82, 2.24) is 9.62 Å². The third-order valence-electron chi connectivity index (χ3n) is 9.19. The van der Waals surface area contributed by atoms with E-state index in [0.29, 0.717) is 11.8 Å². The number of Topliss-reactive ketones (excluding diaryl/α,β-unsaturated/α-hetero) is 1. The summed E-state index contributed by atoms with van der Waals surface area (Å²) in [6.07, 6.45) is 3.89. The van der Waals surface area contributed by atoms with Gasteiger partial charge >= 0.3 is 0 Å². The SMILES string of the molecule is CS(=O)(=O)NCc1csc2c1S(=O)(=O)N=C(C1C(=O)C3C4CCC(C5CC54)C3N(Cc3ccc(F)cc3)C1=O)N2. The topological polar surface area (TPSA) is 142 Å². The maximum Gasteiger partial charge on any atom is 0.287 e. The molecular formula is C26H27FN4O6S3. The Bertz CT molecular complexity index is 1690. The highest BCUT2D eigenvalue weighted by molar-refractivity contribution is 7.91. The molecule has 1 amide bonds. The van der Waals surface area contributed by atoms with Gasteiger partial charge in [-0.05, 0) is 66.0 Å². The van der Waals surface area contributed by atoms with Crippen molar-refractivity contribution in [2.24, 2.45) is 39.9 Å². The number of fused-ring (bicyclic) bond motifs is 2. The van der Waals surface area contributed by atoms with E-state index in [0.717, 1.165) is 42.4 Å². The number of hydrogen-bond donors (Lipinski definition) is 2. The van der Waals surface area contributed by atoms with Gasteiger partial charge in [0.05, 0.1) is 6.26 Å². The summed E-state index contributed by atoms with van der Waals surface area (Å²) in [6.45, 7) is -0.0468. The molecule has 1 aromatic carbocycles. The molecule has 10 nitrogen and oxygen atoms in total. The molecule has 1 saturated heterocycles. The number of hydrogen-bond acceptors (Lipinski definition) is 8. The zero-order chi connectivity index (χ0) is 28.1. The second kappa shape index (κ2) is 8.91. The molecule has 0 spiro atoms. The lowest BCUT2D eigenvalue weighted by Gasteiger charge is -2.55. The van der Waals surface area contributed by atoms with Crippen LogP contribution in [0.3, 0.4) is 0 Å². The predicted octanol–water partition coefficient (Wildman–Crippen LogP) is 2.34. The summed E-state index contributed by atoms with van der Waals surface area (Å²) in [5, 5.41) is 4.65. The summed E-state index contributed by atoms with van der Waals surface area (Å²) >= 11 is 1.04. The molecule has 7 atom stereocenters. The van der Waals surface area contributed by atoms with Crippen LogP contribution < -0.4 is 10.0 Å². The monoisotopic (exact) mass is 606 g/mol. The van der Waals surface area contributed by atoms with Crippen LogP contribution in [0.5, 0.6) is 0 Å². The number of nitrogens with zero attached hydrogens (tertiary/aromatic N) is 2. The van der Waals surface area contributed by atoms with E-state index in [4.69, 9.17) is 0 Å². The zero-order valence-electron chi connectivity index (χ0n) is 21.4. The van der Waals surface area contributed by atoms with Crippen molar-refractivity contribution in [3.63, 3.8) is 0 Å². The van der Waals surface area contributed by atoms with E-state index in [1.807, 2.05) is 0 Å². The molecule has 8 rings (SSSR count). The molecule has 2 aromatic rings. The van der Waals surface area contributed by atoms with Crippen molar-refractivity contribution in [3.05, 3.63) is 46.6 Å². The van der Waals surface area contributed by atoms with Crippen molar-refractivity contribution < 1.29 is 30.8 Å². The number of amidine groups is 1. The summed E-state index contributed by atoms with van der Waals surface area (Å²) < 4.78 is 69.6. The normalized spacial score (nSPS) is 33.5. The molecule has 4 saturated carbocycles. The summed E-state index contributed by atoms with van der Waals surface area (Å²) in [5.41, 5.74) is 0.953. The standard InChI is InChI=1S/C26H27FN4O6S3/c1-39(34,35)28-9-13-11-38-25-23(13)40(36,37)30-24(29-25)20-22(32)19-15-6-7-16(18-8-17(15)18)21(19)31(26(20)33)10-12-2-4-14(27)5-3-12/h2-5,11,15-21,28H,6-10H2,1H3,(H,29,30). The van der Waals surface area contributed by atoms with Gasteiger partial charge in [-0.2, -0.15) is 8.42 Å². The minimum atomic E-state index is -4.33. The molecule has 212 valence electrons. The summed E-state index contributed by atoms with van der Waals surface area (Å²) in [7, 11) is -7.90. The first-order valence-electron chi connectivity index (χ1n) is 13.2. The van der Waals surface area contributed by atoms with Crippen LogP contribution in [0.15, 0.2) is 38.9 Å². The molecule has 3 heterocycles. The van der Waals surface area contributed by atoms with E-state index >= 15 is 0 Å². The van der Waals surface area contributed by atoms with Crippen LogP contribution in [0.1, 0.15) is 30.4 Å². The molecule has 6 aliphatic rings. The van der Waals surface area contributed by atoms with E-state index in [-0.39, 0.29) is 63.9 Å². The number of thiophene rings is 1. The molecule has 40 heavy (non-hydrogen) atoms. The Balaban J connectivity index is 1.26. The molecular weight excluding hydrogens is 580 g/mol. The second-order valence-electron chi connectivity index (χ2n) is 11.5. The molecule has 0 radical (unpaired) electrons. The van der Waals surface area contributed by atoms with Gasteiger partial charge in [-0.15, -0.1) is 15.7 Å². The Hall–Kier alpha value is -2.68. The molecule has 2 bridgehead atoms. The van der Waals surface area contributed by atoms with Gasteiger partial charge in [-0.1, -0.05) is 12.1 Å². The van der Waals surface area contributed by atoms with Crippen LogP contribution in [0, 0.1) is 41.3 Å². The van der Waals surface area contributed by atoms with E-state index in [1.165, 1.54) is 17.5 Å². The number of anilines is 1. The third-order valence-corrected chi connectivity index (χ3v) is 12.4. The first-order valence-corrected chi connectivity index (χ1v) is 17.4. The maximum absolute atomic E-state index is 14.1. The first-order chi connectivity index (χ1) is 18.9. The highest BCUT2D eigenvalue weighted by atomic mass is 32.2. The minimum absolute atomic E-state index is 0.144. The maximum atomic E-state index is 14.1. The van der Waals surface area contributed by atoms with Crippen LogP contribution in [-0.2, 0) is 42.7 Å². The van der Waals surface area contributed by atoms with Gasteiger partial charge in [-0.3, -0.25) is 9.59 Å². The van der Waals surface area contributed by atoms with Crippen LogP contribution in [-0.4, -0.2) is 51.6 Å². The largest absolute Gasteiger partial charge is 0.333 e. The van der Waals surface area contributed by atoms with Crippen molar-refractivity contribution in [2.75, 3.05) is 11.6 Å². The smallest absolute Gasteiger partial charge is 0.287 e. The number of halogens is 1. The fourth-order valence-corrected chi connectivity index (χ4v) is 10.7. The van der Waals surface area contributed by atoms with Crippen LogP contribution in [0.4, 0.5) is 9.39 Å². The molecule has 14 heteroatoms. The van der Waals surface area contributed by atoms with Crippen molar-refractivity contribution >= 4 is 53.9 Å². The van der Waals surface area contributed by atoms with Gasteiger partial charge in [0.15, 0.2) is 11.7 Å². The fraction of sp³-hybridized carbons (Fsp3) is 0.500. The van der Waals surface area contributed by atoms with Crippen LogP contribution >= 0.6 is 11.3 Å². The number of likely N-dealkylation sites (tertiary alicyclic amines) is 1. The van der Waals surface area contributed by atoms with Crippen LogP contribution in [0.2, 0.25) is 0 Å². The number of amides is 1. The van der Waals surface area contributed by atoms with Gasteiger partial charge in [0.1, 0.15) is 21.5 Å². The van der Waals surface area contributed by atoms with Gasteiger partial charge in [0.25, 0.3) is 10.0 Å². The Kier molecular flexibility index (Phi) is 5.84. The lowest BCUT2D eigenvalue weighted by Crippen LogP contribution is -2.66. The number of piperidine rings is 1. The first kappa shape index (κ1) is 26.2. The number of benzene rings is 1.